The molecule has 24 heavy (non-hydrogen) atoms. The number of halogens is 3. The summed E-state index contributed by atoms with van der Waals surface area (Å²) in [6.07, 6.45) is -4.39. The van der Waals surface area contributed by atoms with Crippen molar-refractivity contribution in [2.24, 2.45) is 5.73 Å². The Morgan fingerprint density at radius 3 is 2.46 bits per heavy atom. The lowest BCUT2D eigenvalue weighted by Gasteiger charge is -2.16. The molecular formula is C17H17F3N2O2. The summed E-state index contributed by atoms with van der Waals surface area (Å²) in [5.74, 6) is -0.423. The SMILES string of the molecule is NC(=O)[C@H](NCc1cccc(OCC(F)(F)F)c1)c1ccccc1. The normalized spacial score (nSPS) is 12.6. The van der Waals surface area contributed by atoms with E-state index in [-0.39, 0.29) is 12.3 Å². The van der Waals surface area contributed by atoms with E-state index in [1.807, 2.05) is 6.07 Å². The smallest absolute Gasteiger partial charge is 0.422 e. The summed E-state index contributed by atoms with van der Waals surface area (Å²) in [5.41, 5.74) is 6.80. The second kappa shape index (κ2) is 7.83. The second-order valence-electron chi connectivity index (χ2n) is 5.18. The van der Waals surface area contributed by atoms with E-state index < -0.39 is 24.7 Å². The predicted octanol–water partition coefficient (Wildman–Crippen LogP) is 2.94. The van der Waals surface area contributed by atoms with Crippen molar-refractivity contribution in [3.8, 4) is 5.75 Å². The first kappa shape index (κ1) is 17.8. The molecule has 0 radical (unpaired) electrons. The first-order valence-corrected chi connectivity index (χ1v) is 7.21. The van der Waals surface area contributed by atoms with Crippen molar-refractivity contribution in [1.82, 2.24) is 5.32 Å². The number of nitrogens with one attached hydrogen (secondary N) is 1. The van der Waals surface area contributed by atoms with Crippen molar-refractivity contribution >= 4 is 5.91 Å². The Labute approximate surface area is 137 Å². The summed E-state index contributed by atoms with van der Waals surface area (Å²) in [6.45, 7) is -1.09. The lowest BCUT2D eigenvalue weighted by Crippen LogP contribution is -2.33. The Morgan fingerprint density at radius 1 is 1.12 bits per heavy atom. The molecule has 3 N–H and O–H groups in total. The van der Waals surface area contributed by atoms with Gasteiger partial charge in [-0.2, -0.15) is 13.2 Å². The number of hydrogen-bond donors (Lipinski definition) is 2. The maximum Gasteiger partial charge on any atom is 0.422 e. The molecule has 0 unspecified atom stereocenters. The summed E-state index contributed by atoms with van der Waals surface area (Å²) in [5, 5.41) is 3.00. The van der Waals surface area contributed by atoms with Crippen LogP contribution in [0, 0.1) is 0 Å². The standard InChI is InChI=1S/C17H17F3N2O2/c18-17(19,20)11-24-14-8-4-5-12(9-14)10-22-15(16(21)23)13-6-2-1-3-7-13/h1-9,15,22H,10-11H2,(H2,21,23)/t15-/m1/s1. The first-order chi connectivity index (χ1) is 11.3. The quantitative estimate of drug-likeness (QED) is 0.816. The Hall–Kier alpha value is -2.54. The van der Waals surface area contributed by atoms with Crippen molar-refractivity contribution in [3.63, 3.8) is 0 Å². The Kier molecular flexibility index (Phi) is 5.81. The highest BCUT2D eigenvalue weighted by Gasteiger charge is 2.28. The first-order valence-electron chi connectivity index (χ1n) is 7.21. The van der Waals surface area contributed by atoms with Crippen LogP contribution in [-0.4, -0.2) is 18.7 Å². The summed E-state index contributed by atoms with van der Waals surface area (Å²) in [6, 6.07) is 14.5. The van der Waals surface area contributed by atoms with Crippen LogP contribution in [0.2, 0.25) is 0 Å². The van der Waals surface area contributed by atoms with Crippen LogP contribution in [0.15, 0.2) is 54.6 Å². The number of benzene rings is 2. The number of amides is 1. The molecule has 0 spiro atoms. The second-order valence-corrected chi connectivity index (χ2v) is 5.18. The van der Waals surface area contributed by atoms with Crippen molar-refractivity contribution < 1.29 is 22.7 Å². The van der Waals surface area contributed by atoms with Crippen molar-refractivity contribution in [1.29, 1.82) is 0 Å². The van der Waals surface area contributed by atoms with Crippen LogP contribution < -0.4 is 15.8 Å². The molecule has 2 aromatic rings. The van der Waals surface area contributed by atoms with E-state index in [1.54, 1.807) is 36.4 Å². The number of nitrogens with two attached hydrogens (primary N) is 1. The molecule has 0 aliphatic rings. The molecule has 2 rings (SSSR count). The molecule has 4 nitrogen and oxygen atoms in total. The summed E-state index contributed by atoms with van der Waals surface area (Å²) in [4.78, 5) is 11.6. The Bertz CT molecular complexity index is 675. The van der Waals surface area contributed by atoms with Crippen LogP contribution in [-0.2, 0) is 11.3 Å². The average molecular weight is 338 g/mol. The van der Waals surface area contributed by atoms with Crippen molar-refractivity contribution in [2.75, 3.05) is 6.61 Å². The van der Waals surface area contributed by atoms with Gasteiger partial charge in [0.25, 0.3) is 0 Å². The predicted molar refractivity (Wildman–Crippen MR) is 83.2 cm³/mol. The Balaban J connectivity index is 2.01. The molecule has 7 heteroatoms. The fourth-order valence-corrected chi connectivity index (χ4v) is 2.16. The highest BCUT2D eigenvalue weighted by molar-refractivity contribution is 5.81. The van der Waals surface area contributed by atoms with E-state index in [0.717, 1.165) is 5.56 Å². The van der Waals surface area contributed by atoms with E-state index in [4.69, 9.17) is 10.5 Å². The maximum absolute atomic E-state index is 12.2. The minimum Gasteiger partial charge on any atom is -0.484 e. The minimum absolute atomic E-state index is 0.113. The molecule has 0 bridgehead atoms. The van der Waals surface area contributed by atoms with E-state index in [0.29, 0.717) is 5.56 Å². The van der Waals surface area contributed by atoms with E-state index >= 15 is 0 Å². The highest BCUT2D eigenvalue weighted by Crippen LogP contribution is 2.20. The van der Waals surface area contributed by atoms with Crippen LogP contribution in [0.4, 0.5) is 13.2 Å². The monoisotopic (exact) mass is 338 g/mol. The molecule has 0 saturated heterocycles. The number of rotatable bonds is 7. The van der Waals surface area contributed by atoms with Gasteiger partial charge in [-0.3, -0.25) is 10.1 Å². The largest absolute Gasteiger partial charge is 0.484 e. The lowest BCUT2D eigenvalue weighted by molar-refractivity contribution is -0.153. The van der Waals surface area contributed by atoms with Gasteiger partial charge >= 0.3 is 6.18 Å². The molecule has 0 aliphatic heterocycles. The minimum atomic E-state index is -4.39. The van der Waals surface area contributed by atoms with Gasteiger partial charge in [0, 0.05) is 6.54 Å². The molecule has 1 atom stereocenters. The van der Waals surface area contributed by atoms with Gasteiger partial charge in [0.15, 0.2) is 6.61 Å². The van der Waals surface area contributed by atoms with Crippen molar-refractivity contribution in [3.05, 3.63) is 65.7 Å². The number of primary amides is 1. The molecule has 0 aromatic heterocycles. The number of carbonyl (C=O) groups is 1. The average Bonchev–Trinajstić information content (AvgIpc) is 2.54. The van der Waals surface area contributed by atoms with Crippen LogP contribution in [0.25, 0.3) is 0 Å². The Morgan fingerprint density at radius 2 is 1.83 bits per heavy atom. The van der Waals surface area contributed by atoms with Gasteiger partial charge < -0.3 is 10.5 Å². The molecule has 0 saturated carbocycles. The zero-order valence-corrected chi connectivity index (χ0v) is 12.7. The van der Waals surface area contributed by atoms with Crippen LogP contribution >= 0.6 is 0 Å². The van der Waals surface area contributed by atoms with E-state index in [2.05, 4.69) is 5.32 Å². The van der Waals surface area contributed by atoms with Gasteiger partial charge in [-0.05, 0) is 23.3 Å². The third-order valence-corrected chi connectivity index (χ3v) is 3.23. The number of hydrogen-bond acceptors (Lipinski definition) is 3. The van der Waals surface area contributed by atoms with Crippen LogP contribution in [0.3, 0.4) is 0 Å². The van der Waals surface area contributed by atoms with Gasteiger partial charge in [-0.25, -0.2) is 0 Å². The van der Waals surface area contributed by atoms with Gasteiger partial charge in [-0.15, -0.1) is 0 Å². The van der Waals surface area contributed by atoms with E-state index in [9.17, 15) is 18.0 Å². The topological polar surface area (TPSA) is 64.4 Å². The van der Waals surface area contributed by atoms with Gasteiger partial charge in [-0.1, -0.05) is 42.5 Å². The summed E-state index contributed by atoms with van der Waals surface area (Å²) >= 11 is 0. The third-order valence-electron chi connectivity index (χ3n) is 3.23. The van der Waals surface area contributed by atoms with Crippen LogP contribution in [0.1, 0.15) is 17.2 Å². The van der Waals surface area contributed by atoms with Crippen molar-refractivity contribution in [2.45, 2.75) is 18.8 Å². The third kappa shape index (κ3) is 5.58. The molecular weight excluding hydrogens is 321 g/mol. The molecule has 2 aromatic carbocycles. The fourth-order valence-electron chi connectivity index (χ4n) is 2.16. The number of alkyl halides is 3. The van der Waals surface area contributed by atoms with Gasteiger partial charge in [0.05, 0.1) is 0 Å². The number of carbonyl (C=O) groups excluding carboxylic acids is 1. The zero-order chi connectivity index (χ0) is 17.6. The fraction of sp³-hybridized carbons (Fsp3) is 0.235. The molecule has 1 amide bonds. The van der Waals surface area contributed by atoms with E-state index in [1.165, 1.54) is 12.1 Å². The highest BCUT2D eigenvalue weighted by atomic mass is 19.4. The molecule has 128 valence electrons. The van der Waals surface area contributed by atoms with Crippen LogP contribution in [0.5, 0.6) is 5.75 Å². The summed E-state index contributed by atoms with van der Waals surface area (Å²) in [7, 11) is 0. The number of ether oxygens (including phenoxy) is 1. The summed E-state index contributed by atoms with van der Waals surface area (Å²) < 4.78 is 41.3. The molecule has 0 heterocycles. The molecule has 0 fully saturated rings. The molecule has 0 aliphatic carbocycles. The van der Waals surface area contributed by atoms with Gasteiger partial charge in [0.2, 0.25) is 5.91 Å². The zero-order valence-electron chi connectivity index (χ0n) is 12.7. The maximum atomic E-state index is 12.2. The van der Waals surface area contributed by atoms with Gasteiger partial charge in [0.1, 0.15) is 11.8 Å². The lowest BCUT2D eigenvalue weighted by atomic mass is 10.1.